The van der Waals surface area contributed by atoms with Crippen molar-refractivity contribution in [1.82, 2.24) is 4.98 Å². The molecule has 3 rings (SSSR count). The van der Waals surface area contributed by atoms with E-state index in [-0.39, 0.29) is 5.82 Å². The van der Waals surface area contributed by atoms with E-state index in [0.717, 1.165) is 5.56 Å². The Morgan fingerprint density at radius 2 is 1.55 bits per heavy atom. The van der Waals surface area contributed by atoms with Gasteiger partial charge in [-0.05, 0) is 45.4 Å². The van der Waals surface area contributed by atoms with E-state index in [1.165, 1.54) is 0 Å². The Morgan fingerprint density at radius 3 is 2.14 bits per heavy atom. The van der Waals surface area contributed by atoms with Crippen LogP contribution in [0.5, 0.6) is 0 Å². The number of aromatic nitrogens is 1. The molecule has 5 heteroatoms. The first-order valence-electron chi connectivity index (χ1n) is 7.36. The van der Waals surface area contributed by atoms with Gasteiger partial charge in [-0.25, -0.2) is 4.39 Å². The second-order valence-electron chi connectivity index (χ2n) is 6.53. The molecular formula is C17H19BFNO2. The lowest BCUT2D eigenvalue weighted by Gasteiger charge is -2.32. The van der Waals surface area contributed by atoms with Crippen LogP contribution in [0.15, 0.2) is 42.7 Å². The summed E-state index contributed by atoms with van der Waals surface area (Å²) in [7, 11) is -0.702. The molecule has 1 saturated heterocycles. The minimum atomic E-state index is -0.702. The van der Waals surface area contributed by atoms with Gasteiger partial charge in [0.05, 0.1) is 11.2 Å². The predicted octanol–water partition coefficient (Wildman–Crippen LogP) is 3.19. The van der Waals surface area contributed by atoms with Crippen LogP contribution in [-0.4, -0.2) is 23.3 Å². The van der Waals surface area contributed by atoms with E-state index in [1.807, 2.05) is 33.8 Å². The van der Waals surface area contributed by atoms with E-state index in [4.69, 9.17) is 9.31 Å². The minimum absolute atomic E-state index is 0.313. The van der Waals surface area contributed by atoms with Crippen molar-refractivity contribution >= 4 is 12.6 Å². The Hall–Kier alpha value is -1.72. The molecule has 1 aromatic carbocycles. The first-order chi connectivity index (χ1) is 10.3. The molecule has 0 amide bonds. The lowest BCUT2D eigenvalue weighted by Crippen LogP contribution is -2.41. The van der Waals surface area contributed by atoms with Gasteiger partial charge in [0, 0.05) is 23.4 Å². The van der Waals surface area contributed by atoms with Gasteiger partial charge in [0.1, 0.15) is 5.82 Å². The molecule has 1 aliphatic rings. The maximum atomic E-state index is 14.9. The van der Waals surface area contributed by atoms with Gasteiger partial charge in [0.15, 0.2) is 0 Å². The van der Waals surface area contributed by atoms with E-state index >= 15 is 0 Å². The van der Waals surface area contributed by atoms with Crippen LogP contribution in [0.2, 0.25) is 0 Å². The molecule has 0 N–H and O–H groups in total. The van der Waals surface area contributed by atoms with Crippen LogP contribution in [0, 0.1) is 5.82 Å². The highest BCUT2D eigenvalue weighted by Gasteiger charge is 2.52. The van der Waals surface area contributed by atoms with Crippen molar-refractivity contribution in [3.63, 3.8) is 0 Å². The van der Waals surface area contributed by atoms with E-state index in [9.17, 15) is 4.39 Å². The van der Waals surface area contributed by atoms with Crippen LogP contribution in [0.1, 0.15) is 27.7 Å². The molecule has 1 aromatic heterocycles. The third-order valence-electron chi connectivity index (χ3n) is 4.53. The summed E-state index contributed by atoms with van der Waals surface area (Å²) in [5, 5.41) is 0. The average molecular weight is 299 g/mol. The lowest BCUT2D eigenvalue weighted by atomic mass is 9.77. The highest BCUT2D eigenvalue weighted by atomic mass is 19.1. The molecule has 3 nitrogen and oxygen atoms in total. The van der Waals surface area contributed by atoms with Crippen molar-refractivity contribution in [2.75, 3.05) is 0 Å². The average Bonchev–Trinajstić information content (AvgIpc) is 2.68. The van der Waals surface area contributed by atoms with E-state index in [0.29, 0.717) is 11.0 Å². The van der Waals surface area contributed by atoms with Crippen LogP contribution < -0.4 is 5.46 Å². The molecule has 2 heterocycles. The smallest absolute Gasteiger partial charge is 0.399 e. The first-order valence-corrected chi connectivity index (χ1v) is 7.36. The van der Waals surface area contributed by atoms with Gasteiger partial charge in [-0.1, -0.05) is 18.2 Å². The van der Waals surface area contributed by atoms with Gasteiger partial charge in [0.25, 0.3) is 0 Å². The zero-order valence-electron chi connectivity index (χ0n) is 13.3. The lowest BCUT2D eigenvalue weighted by molar-refractivity contribution is 0.00578. The van der Waals surface area contributed by atoms with Crippen LogP contribution in [0.25, 0.3) is 11.1 Å². The van der Waals surface area contributed by atoms with Gasteiger partial charge >= 0.3 is 7.12 Å². The summed E-state index contributed by atoms with van der Waals surface area (Å²) in [4.78, 5) is 3.97. The van der Waals surface area contributed by atoms with Crippen molar-refractivity contribution in [2.24, 2.45) is 0 Å². The molecule has 0 spiro atoms. The highest BCUT2D eigenvalue weighted by molar-refractivity contribution is 6.62. The van der Waals surface area contributed by atoms with Gasteiger partial charge in [-0.3, -0.25) is 4.98 Å². The third kappa shape index (κ3) is 2.44. The van der Waals surface area contributed by atoms with Crippen LogP contribution >= 0.6 is 0 Å². The summed E-state index contributed by atoms with van der Waals surface area (Å²) < 4.78 is 26.8. The molecule has 0 saturated carbocycles. The van der Waals surface area contributed by atoms with E-state index in [2.05, 4.69) is 4.98 Å². The molecule has 22 heavy (non-hydrogen) atoms. The number of pyridine rings is 1. The Kier molecular flexibility index (Phi) is 3.58. The fourth-order valence-electron chi connectivity index (χ4n) is 2.46. The monoisotopic (exact) mass is 299 g/mol. The van der Waals surface area contributed by atoms with Gasteiger partial charge in [-0.2, -0.15) is 0 Å². The molecule has 0 bridgehead atoms. The van der Waals surface area contributed by atoms with Gasteiger partial charge in [-0.15, -0.1) is 0 Å². The Balaban J connectivity index is 2.01. The van der Waals surface area contributed by atoms with Crippen LogP contribution in [0.3, 0.4) is 0 Å². The zero-order valence-corrected chi connectivity index (χ0v) is 13.3. The van der Waals surface area contributed by atoms with Crippen molar-refractivity contribution < 1.29 is 13.7 Å². The van der Waals surface area contributed by atoms with E-state index < -0.39 is 18.3 Å². The maximum absolute atomic E-state index is 14.9. The van der Waals surface area contributed by atoms with Crippen molar-refractivity contribution in [1.29, 1.82) is 0 Å². The Bertz CT molecular complexity index is 672. The fraction of sp³-hybridized carbons (Fsp3) is 0.353. The molecule has 1 fully saturated rings. The number of hydrogen-bond donors (Lipinski definition) is 0. The minimum Gasteiger partial charge on any atom is -0.399 e. The summed E-state index contributed by atoms with van der Waals surface area (Å²) in [5.41, 5.74) is 0.751. The topological polar surface area (TPSA) is 31.4 Å². The van der Waals surface area contributed by atoms with Crippen molar-refractivity contribution in [2.45, 2.75) is 38.9 Å². The second-order valence-corrected chi connectivity index (χ2v) is 6.53. The summed E-state index contributed by atoms with van der Waals surface area (Å²) >= 11 is 0. The van der Waals surface area contributed by atoms with Crippen LogP contribution in [-0.2, 0) is 9.31 Å². The van der Waals surface area contributed by atoms with Gasteiger partial charge < -0.3 is 9.31 Å². The third-order valence-corrected chi connectivity index (χ3v) is 4.53. The number of nitrogens with zero attached hydrogens (tertiary/aromatic N) is 1. The fourth-order valence-corrected chi connectivity index (χ4v) is 2.46. The normalized spacial score (nSPS) is 19.4. The van der Waals surface area contributed by atoms with E-state index in [1.54, 1.807) is 36.7 Å². The molecule has 0 unspecified atom stereocenters. The quantitative estimate of drug-likeness (QED) is 0.798. The molecule has 0 radical (unpaired) electrons. The summed E-state index contributed by atoms with van der Waals surface area (Å²) in [6.45, 7) is 7.82. The molecular weight excluding hydrogens is 280 g/mol. The number of hydrogen-bond acceptors (Lipinski definition) is 3. The molecule has 1 aliphatic heterocycles. The number of benzene rings is 1. The highest BCUT2D eigenvalue weighted by Crippen LogP contribution is 2.37. The first kappa shape index (κ1) is 15.2. The number of halogens is 1. The van der Waals surface area contributed by atoms with Crippen LogP contribution in [0.4, 0.5) is 4.39 Å². The Morgan fingerprint density at radius 1 is 0.955 bits per heavy atom. The van der Waals surface area contributed by atoms with Crippen molar-refractivity contribution in [3.8, 4) is 11.1 Å². The molecule has 114 valence electrons. The summed E-state index contributed by atoms with van der Waals surface area (Å²) in [5.74, 6) is -0.313. The SMILES string of the molecule is CC1(C)OB(c2cccc(-c3ccncc3)c2F)OC1(C)C. The Labute approximate surface area is 130 Å². The largest absolute Gasteiger partial charge is 0.497 e. The second kappa shape index (κ2) is 5.18. The number of rotatable bonds is 2. The molecule has 0 aliphatic carbocycles. The van der Waals surface area contributed by atoms with Crippen molar-refractivity contribution in [3.05, 3.63) is 48.5 Å². The maximum Gasteiger partial charge on any atom is 0.497 e. The summed E-state index contributed by atoms with van der Waals surface area (Å²) in [6.07, 6.45) is 3.30. The predicted molar refractivity (Wildman–Crippen MR) is 85.3 cm³/mol. The summed E-state index contributed by atoms with van der Waals surface area (Å²) in [6, 6.07) is 8.85. The molecule has 0 atom stereocenters. The van der Waals surface area contributed by atoms with Gasteiger partial charge in [0.2, 0.25) is 0 Å². The standard InChI is InChI=1S/C17H19BFNO2/c1-16(2)17(3,4)22-18(21-16)14-7-5-6-13(15(14)19)12-8-10-20-11-9-12/h5-11H,1-4H3. The molecule has 2 aromatic rings. The zero-order chi connectivity index (χ0) is 16.0.